The number of fused-ring (bicyclic) bond motifs is 2. The van der Waals surface area contributed by atoms with E-state index in [1.54, 1.807) is 0 Å². The predicted molar refractivity (Wildman–Crippen MR) is 281 cm³/mol. The Morgan fingerprint density at radius 2 is 0.773 bits per heavy atom. The standard InChI is InChI=1S/C44H25NP2.C14H16N2.2ClH.Ru/c1-5-9-13-21-33-46(34-22-14-10-6-2)41-31-29-37-25-17-19-27-39(37)43(41)45-44-40-28-20-18-26-38(40)30-32-42(44)47(35-23-15-11-7-3)36-24-16-12-8-4;15-13(11-7-3-1-4-8-11)14(16)12-9-5-2-6-10-12;;;/h1-4,29-32,45H,17-20,25-28H2;1-10,13-14H,15-16H2;2*1H;/q;;;;+4. The molecule has 0 aliphatic heterocycles. The van der Waals surface area contributed by atoms with Crippen molar-refractivity contribution in [1.29, 1.82) is 0 Å². The SMILES string of the molecule is C#CC#CC#C[PH+](C#CC#CC#C)c1ccc2c(c1Nc1c([PH+](C#CC#CC#C)C#CC#CC#C)ccc3c1CCCC3)CCCC2.NC(c1ccccc1)C(N)c1ccccc1.[Cl][Ru+2][Cl]. The van der Waals surface area contributed by atoms with E-state index >= 15 is 0 Å². The van der Waals surface area contributed by atoms with Crippen molar-refractivity contribution in [1.82, 2.24) is 0 Å². The summed E-state index contributed by atoms with van der Waals surface area (Å²) in [7, 11) is 6.09. The Hall–Kier alpha value is -6.62. The molecule has 3 nitrogen and oxygen atoms in total. The van der Waals surface area contributed by atoms with Crippen molar-refractivity contribution in [2.24, 2.45) is 11.5 Å². The van der Waals surface area contributed by atoms with Gasteiger partial charge in [0.15, 0.2) is 15.8 Å². The van der Waals surface area contributed by atoms with Crippen LogP contribution in [0.2, 0.25) is 0 Å². The number of nitrogens with two attached hydrogens (primary N) is 2. The van der Waals surface area contributed by atoms with Crippen LogP contribution in [-0.2, 0) is 40.8 Å². The molecule has 6 rings (SSSR count). The zero-order valence-electron chi connectivity index (χ0n) is 36.0. The molecule has 0 amide bonds. The average molecular weight is 1020 g/mol. The van der Waals surface area contributed by atoms with E-state index in [0.29, 0.717) is 0 Å². The van der Waals surface area contributed by atoms with Crippen LogP contribution in [0.15, 0.2) is 84.9 Å². The van der Waals surface area contributed by atoms with Crippen molar-refractivity contribution in [3.63, 3.8) is 0 Å². The van der Waals surface area contributed by atoms with Gasteiger partial charge < -0.3 is 16.8 Å². The first kappa shape index (κ1) is 52.0. The van der Waals surface area contributed by atoms with Crippen LogP contribution in [0.1, 0.15) is 71.1 Å². The fourth-order valence-corrected chi connectivity index (χ4v) is 10.1. The molecule has 0 saturated carbocycles. The van der Waals surface area contributed by atoms with E-state index in [0.717, 1.165) is 84.5 Å². The fourth-order valence-electron chi connectivity index (χ4n) is 7.22. The second-order valence-corrected chi connectivity index (χ2v) is 20.3. The van der Waals surface area contributed by atoms with Gasteiger partial charge in [0, 0.05) is 59.4 Å². The molecule has 2 aliphatic carbocycles. The van der Waals surface area contributed by atoms with E-state index < -0.39 is 15.8 Å². The summed E-state index contributed by atoms with van der Waals surface area (Å²) in [5, 5.41) is 6.04. The summed E-state index contributed by atoms with van der Waals surface area (Å²) in [5.74, 6) is 42.3. The number of nitrogens with one attached hydrogen (secondary N) is 1. The van der Waals surface area contributed by atoms with Gasteiger partial charge in [-0.15, -0.1) is 25.7 Å². The van der Waals surface area contributed by atoms with Gasteiger partial charge in [-0.1, -0.05) is 72.8 Å². The van der Waals surface area contributed by atoms with Gasteiger partial charge in [0.25, 0.3) is 0 Å². The van der Waals surface area contributed by atoms with Crippen LogP contribution in [0.4, 0.5) is 11.4 Å². The maximum absolute atomic E-state index is 6.15. The molecule has 2 unspecified atom stereocenters. The van der Waals surface area contributed by atoms with Gasteiger partial charge in [-0.2, -0.15) is 0 Å². The van der Waals surface area contributed by atoms with E-state index in [9.17, 15) is 0 Å². The summed E-state index contributed by atoms with van der Waals surface area (Å²) in [5.41, 5.74) is 35.0. The Kier molecular flexibility index (Phi) is 24.0. The zero-order chi connectivity index (χ0) is 47.2. The third kappa shape index (κ3) is 16.4. The Labute approximate surface area is 411 Å². The molecule has 8 heteroatoms. The summed E-state index contributed by atoms with van der Waals surface area (Å²) in [6, 6.07) is 28.3. The summed E-state index contributed by atoms with van der Waals surface area (Å²) in [6.45, 7) is 0. The van der Waals surface area contributed by atoms with Crippen molar-refractivity contribution in [3.05, 3.63) is 118 Å². The molecule has 4 aromatic rings. The number of halogens is 2. The molecular weight excluding hydrogens is 973 g/mol. The molecule has 0 bridgehead atoms. The van der Waals surface area contributed by atoms with Crippen LogP contribution in [0.25, 0.3) is 0 Å². The van der Waals surface area contributed by atoms with Gasteiger partial charge in [0.2, 0.25) is 0 Å². The minimum atomic E-state index is -1.81. The summed E-state index contributed by atoms with van der Waals surface area (Å²) >= 11 is -0.346. The quantitative estimate of drug-likeness (QED) is 0.0985. The molecule has 0 radical (unpaired) electrons. The number of rotatable bonds is 7. The van der Waals surface area contributed by atoms with Crippen LogP contribution < -0.4 is 27.4 Å². The first-order valence-electron chi connectivity index (χ1n) is 20.6. The van der Waals surface area contributed by atoms with Gasteiger partial charge in [0.05, 0.1) is 11.4 Å². The molecule has 2 atom stereocenters. The first-order chi connectivity index (χ1) is 32.4. The van der Waals surface area contributed by atoms with Crippen LogP contribution in [0.5, 0.6) is 0 Å². The molecule has 318 valence electrons. The number of hydrogen-bond acceptors (Lipinski definition) is 3. The Bertz CT molecular complexity index is 2750. The molecular formula is C58H43Cl2N3P2Ru+4. The minimum absolute atomic E-state index is 0.163. The second-order valence-electron chi connectivity index (χ2n) is 14.0. The molecule has 4 aromatic carbocycles. The van der Waals surface area contributed by atoms with Gasteiger partial charge in [0.1, 0.15) is 33.3 Å². The molecule has 0 fully saturated rings. The van der Waals surface area contributed by atoms with Crippen LogP contribution >= 0.6 is 35.2 Å². The van der Waals surface area contributed by atoms with E-state index in [-0.39, 0.29) is 27.2 Å². The summed E-state index contributed by atoms with van der Waals surface area (Å²) in [4.78, 5) is 0. The number of anilines is 2. The number of hydrogen-bond donors (Lipinski definition) is 3. The topological polar surface area (TPSA) is 64.1 Å². The van der Waals surface area contributed by atoms with Crippen molar-refractivity contribution in [2.75, 3.05) is 5.32 Å². The number of aryl methyl sites for hydroxylation is 2. The van der Waals surface area contributed by atoms with E-state index in [1.165, 1.54) is 22.3 Å². The molecule has 0 aromatic heterocycles. The molecule has 0 saturated heterocycles. The van der Waals surface area contributed by atoms with Gasteiger partial charge in [-0.25, -0.2) is 0 Å². The van der Waals surface area contributed by atoms with Gasteiger partial charge >= 0.3 is 34.5 Å². The molecule has 66 heavy (non-hydrogen) atoms. The maximum atomic E-state index is 6.15. The van der Waals surface area contributed by atoms with Crippen molar-refractivity contribution >= 4 is 57.2 Å². The Morgan fingerprint density at radius 1 is 0.455 bits per heavy atom. The van der Waals surface area contributed by atoms with Crippen molar-refractivity contribution in [3.8, 4) is 143 Å². The number of benzene rings is 4. The molecule has 0 spiro atoms. The zero-order valence-corrected chi connectivity index (χ0v) is 41.2. The summed E-state index contributed by atoms with van der Waals surface area (Å²) in [6.07, 6.45) is 29.7. The second kappa shape index (κ2) is 30.5. The van der Waals surface area contributed by atoms with E-state index in [4.69, 9.17) is 56.5 Å². The fraction of sp³-hybridized carbons (Fsp3) is 0.172. The monoisotopic (exact) mass is 1020 g/mol. The summed E-state index contributed by atoms with van der Waals surface area (Å²) < 4.78 is 0. The first-order valence-corrected chi connectivity index (χ1v) is 28.0. The van der Waals surface area contributed by atoms with E-state index in [1.807, 2.05) is 60.7 Å². The average Bonchev–Trinajstić information content (AvgIpc) is 3.36. The van der Waals surface area contributed by atoms with Gasteiger partial charge in [-0.3, -0.25) is 0 Å². The third-order valence-corrected chi connectivity index (χ3v) is 13.6. The van der Waals surface area contributed by atoms with Crippen LogP contribution in [0.3, 0.4) is 0 Å². The molecule has 2 aliphatic rings. The van der Waals surface area contributed by atoms with Gasteiger partial charge in [-0.05, 0) is 144 Å². The van der Waals surface area contributed by atoms with Crippen molar-refractivity contribution < 1.29 is 15.1 Å². The predicted octanol–water partition coefficient (Wildman–Crippen LogP) is 9.02. The Balaban J connectivity index is 0.000000414. The van der Waals surface area contributed by atoms with Crippen LogP contribution in [0, 0.1) is 143 Å². The third-order valence-electron chi connectivity index (χ3n) is 10.1. The van der Waals surface area contributed by atoms with E-state index in [2.05, 4.69) is 147 Å². The Morgan fingerprint density at radius 3 is 1.09 bits per heavy atom. The molecule has 5 N–H and O–H groups in total. The normalized spacial score (nSPS) is 11.5. The molecule has 0 heterocycles. The van der Waals surface area contributed by atoms with Crippen molar-refractivity contribution in [2.45, 2.75) is 63.5 Å². The van der Waals surface area contributed by atoms with Crippen LogP contribution in [-0.4, -0.2) is 0 Å². The number of terminal acetylenes is 4.